The summed E-state index contributed by atoms with van der Waals surface area (Å²) in [6.45, 7) is 1.98. The molecule has 0 saturated heterocycles. The van der Waals surface area contributed by atoms with Crippen LogP contribution < -0.4 is 5.32 Å². The highest BCUT2D eigenvalue weighted by molar-refractivity contribution is 5.92. The summed E-state index contributed by atoms with van der Waals surface area (Å²) in [5.41, 5.74) is 1.23. The predicted octanol–water partition coefficient (Wildman–Crippen LogP) is 1.08. The molecule has 0 aliphatic heterocycles. The standard InChI is InChI=1S/C13H18N6O/c1-9(12-17-15-8-19(12)4)16-10-5-6-14-11(7-10)13(20)18(2)3/h5-9H,1-4H3,(H,14,16). The van der Waals surface area contributed by atoms with E-state index >= 15 is 0 Å². The first kappa shape index (κ1) is 14.0. The number of carbonyl (C=O) groups excluding carboxylic acids is 1. The Labute approximate surface area is 117 Å². The van der Waals surface area contributed by atoms with Crippen molar-refractivity contribution in [2.24, 2.45) is 7.05 Å². The Morgan fingerprint density at radius 3 is 2.80 bits per heavy atom. The van der Waals surface area contributed by atoms with Crippen LogP contribution >= 0.6 is 0 Å². The molecule has 0 aliphatic carbocycles. The van der Waals surface area contributed by atoms with Crippen LogP contribution in [0.25, 0.3) is 0 Å². The third-order valence-electron chi connectivity index (χ3n) is 2.90. The van der Waals surface area contributed by atoms with E-state index < -0.39 is 0 Å². The van der Waals surface area contributed by atoms with Gasteiger partial charge >= 0.3 is 0 Å². The zero-order chi connectivity index (χ0) is 14.7. The summed E-state index contributed by atoms with van der Waals surface area (Å²) in [5, 5.41) is 11.2. The van der Waals surface area contributed by atoms with Gasteiger partial charge < -0.3 is 14.8 Å². The second-order valence-corrected chi connectivity index (χ2v) is 4.80. The van der Waals surface area contributed by atoms with Crippen LogP contribution in [0.1, 0.15) is 29.3 Å². The summed E-state index contributed by atoms with van der Waals surface area (Å²) in [5.74, 6) is 0.697. The molecule has 2 rings (SSSR count). The molecular formula is C13H18N6O. The van der Waals surface area contributed by atoms with E-state index in [4.69, 9.17) is 0 Å². The van der Waals surface area contributed by atoms with Crippen LogP contribution in [0.3, 0.4) is 0 Å². The van der Waals surface area contributed by atoms with Gasteiger partial charge in [0.05, 0.1) is 6.04 Å². The predicted molar refractivity (Wildman–Crippen MR) is 75.3 cm³/mol. The number of amides is 1. The smallest absolute Gasteiger partial charge is 0.272 e. The Morgan fingerprint density at radius 2 is 2.20 bits per heavy atom. The normalized spacial score (nSPS) is 12.0. The molecule has 0 bridgehead atoms. The molecule has 7 nitrogen and oxygen atoms in total. The lowest BCUT2D eigenvalue weighted by Crippen LogP contribution is -2.23. The SMILES string of the molecule is CC(Nc1ccnc(C(=O)N(C)C)c1)c1nncn1C. The monoisotopic (exact) mass is 274 g/mol. The minimum atomic E-state index is -0.125. The highest BCUT2D eigenvalue weighted by atomic mass is 16.2. The Balaban J connectivity index is 2.16. The molecule has 0 fully saturated rings. The van der Waals surface area contributed by atoms with Gasteiger partial charge in [-0.2, -0.15) is 0 Å². The maximum absolute atomic E-state index is 11.9. The van der Waals surface area contributed by atoms with E-state index in [1.807, 2.05) is 24.6 Å². The minimum absolute atomic E-state index is 0.0211. The van der Waals surface area contributed by atoms with Crippen molar-refractivity contribution in [3.05, 3.63) is 36.2 Å². The molecule has 0 aromatic carbocycles. The summed E-state index contributed by atoms with van der Waals surface area (Å²) in [4.78, 5) is 17.5. The molecule has 7 heteroatoms. The van der Waals surface area contributed by atoms with Gasteiger partial charge in [0.25, 0.3) is 5.91 Å². The van der Waals surface area contributed by atoms with Crippen LogP contribution in [-0.4, -0.2) is 44.7 Å². The van der Waals surface area contributed by atoms with Gasteiger partial charge in [0.1, 0.15) is 12.0 Å². The third kappa shape index (κ3) is 2.93. The number of anilines is 1. The number of nitrogens with zero attached hydrogens (tertiary/aromatic N) is 5. The molecule has 1 N–H and O–H groups in total. The van der Waals surface area contributed by atoms with Gasteiger partial charge in [-0.1, -0.05) is 0 Å². The summed E-state index contributed by atoms with van der Waals surface area (Å²) >= 11 is 0. The van der Waals surface area contributed by atoms with Crippen molar-refractivity contribution in [3.8, 4) is 0 Å². The van der Waals surface area contributed by atoms with Crippen molar-refractivity contribution in [2.45, 2.75) is 13.0 Å². The zero-order valence-corrected chi connectivity index (χ0v) is 12.0. The number of aryl methyl sites for hydroxylation is 1. The average molecular weight is 274 g/mol. The van der Waals surface area contributed by atoms with E-state index in [9.17, 15) is 4.79 Å². The molecule has 0 spiro atoms. The van der Waals surface area contributed by atoms with Gasteiger partial charge in [0.2, 0.25) is 0 Å². The van der Waals surface area contributed by atoms with Gasteiger partial charge in [0, 0.05) is 33.0 Å². The van der Waals surface area contributed by atoms with Crippen LogP contribution in [0.2, 0.25) is 0 Å². The second kappa shape index (κ2) is 5.68. The number of hydrogen-bond acceptors (Lipinski definition) is 5. The third-order valence-corrected chi connectivity index (χ3v) is 2.90. The molecule has 0 aliphatic rings. The van der Waals surface area contributed by atoms with E-state index in [1.54, 1.807) is 32.7 Å². The van der Waals surface area contributed by atoms with Crippen LogP contribution in [0, 0.1) is 0 Å². The summed E-state index contributed by atoms with van der Waals surface area (Å²) in [6, 6.07) is 3.53. The van der Waals surface area contributed by atoms with Crippen molar-refractivity contribution in [1.29, 1.82) is 0 Å². The average Bonchev–Trinajstić information content (AvgIpc) is 2.84. The van der Waals surface area contributed by atoms with Crippen LogP contribution in [-0.2, 0) is 7.05 Å². The second-order valence-electron chi connectivity index (χ2n) is 4.80. The van der Waals surface area contributed by atoms with E-state index in [0.29, 0.717) is 5.69 Å². The number of nitrogens with one attached hydrogen (secondary N) is 1. The van der Waals surface area contributed by atoms with E-state index in [2.05, 4.69) is 20.5 Å². The molecule has 0 radical (unpaired) electrons. The van der Waals surface area contributed by atoms with Gasteiger partial charge in [-0.05, 0) is 19.1 Å². The van der Waals surface area contributed by atoms with Gasteiger partial charge in [0.15, 0.2) is 5.82 Å². The van der Waals surface area contributed by atoms with E-state index in [-0.39, 0.29) is 11.9 Å². The summed E-state index contributed by atoms with van der Waals surface area (Å²) < 4.78 is 1.85. The molecule has 1 atom stereocenters. The molecule has 1 amide bonds. The lowest BCUT2D eigenvalue weighted by Gasteiger charge is -2.15. The van der Waals surface area contributed by atoms with Crippen molar-refractivity contribution < 1.29 is 4.79 Å². The van der Waals surface area contributed by atoms with Crippen molar-refractivity contribution in [2.75, 3.05) is 19.4 Å². The maximum atomic E-state index is 11.9. The molecule has 2 aromatic heterocycles. The molecular weight excluding hydrogens is 256 g/mol. The van der Waals surface area contributed by atoms with Gasteiger partial charge in [-0.25, -0.2) is 0 Å². The number of pyridine rings is 1. The molecule has 20 heavy (non-hydrogen) atoms. The van der Waals surface area contributed by atoms with Gasteiger partial charge in [-0.15, -0.1) is 10.2 Å². The fourth-order valence-electron chi connectivity index (χ4n) is 1.87. The summed E-state index contributed by atoms with van der Waals surface area (Å²) in [7, 11) is 5.29. The first-order chi connectivity index (χ1) is 9.49. The highest BCUT2D eigenvalue weighted by Crippen LogP contribution is 2.17. The maximum Gasteiger partial charge on any atom is 0.272 e. The van der Waals surface area contributed by atoms with Crippen LogP contribution in [0.4, 0.5) is 5.69 Å². The molecule has 2 aromatic rings. The summed E-state index contributed by atoms with van der Waals surface area (Å²) in [6.07, 6.45) is 3.27. The Kier molecular flexibility index (Phi) is 3.97. The topological polar surface area (TPSA) is 75.9 Å². The van der Waals surface area contributed by atoms with Crippen molar-refractivity contribution in [3.63, 3.8) is 0 Å². The lowest BCUT2D eigenvalue weighted by molar-refractivity contribution is 0.0822. The fourth-order valence-corrected chi connectivity index (χ4v) is 1.87. The quantitative estimate of drug-likeness (QED) is 0.903. The Hall–Kier alpha value is -2.44. The van der Waals surface area contributed by atoms with Gasteiger partial charge in [-0.3, -0.25) is 9.78 Å². The molecule has 0 saturated carbocycles. The molecule has 1 unspecified atom stereocenters. The zero-order valence-electron chi connectivity index (χ0n) is 12.0. The Bertz CT molecular complexity index is 606. The number of rotatable bonds is 4. The van der Waals surface area contributed by atoms with Crippen LogP contribution in [0.15, 0.2) is 24.7 Å². The number of hydrogen-bond donors (Lipinski definition) is 1. The number of carbonyl (C=O) groups is 1. The largest absolute Gasteiger partial charge is 0.375 e. The minimum Gasteiger partial charge on any atom is -0.375 e. The fraction of sp³-hybridized carbons (Fsp3) is 0.385. The lowest BCUT2D eigenvalue weighted by atomic mass is 10.2. The van der Waals surface area contributed by atoms with E-state index in [1.165, 1.54) is 4.90 Å². The first-order valence-electron chi connectivity index (χ1n) is 6.27. The Morgan fingerprint density at radius 1 is 1.45 bits per heavy atom. The van der Waals surface area contributed by atoms with E-state index in [0.717, 1.165) is 11.5 Å². The first-order valence-corrected chi connectivity index (χ1v) is 6.27. The van der Waals surface area contributed by atoms with Crippen molar-refractivity contribution >= 4 is 11.6 Å². The van der Waals surface area contributed by atoms with Crippen LogP contribution in [0.5, 0.6) is 0 Å². The highest BCUT2D eigenvalue weighted by Gasteiger charge is 2.13. The van der Waals surface area contributed by atoms with Crippen molar-refractivity contribution in [1.82, 2.24) is 24.6 Å². The molecule has 2 heterocycles. The number of aromatic nitrogens is 4. The molecule has 106 valence electrons.